The Balaban J connectivity index is 1.89. The second-order valence-corrected chi connectivity index (χ2v) is 4.94. The first kappa shape index (κ1) is 15.6. The van der Waals surface area contributed by atoms with E-state index in [0.29, 0.717) is 0 Å². The van der Waals surface area contributed by atoms with Crippen LogP contribution in [0.2, 0.25) is 0 Å². The van der Waals surface area contributed by atoms with Gasteiger partial charge in [-0.3, -0.25) is 4.79 Å². The molecule has 1 fully saturated rings. The minimum Gasteiger partial charge on any atom is -0.481 e. The predicted molar refractivity (Wildman–Crippen MR) is 74.3 cm³/mol. The van der Waals surface area contributed by atoms with Crippen molar-refractivity contribution in [3.8, 4) is 0 Å². The van der Waals surface area contributed by atoms with E-state index in [1.165, 1.54) is 0 Å². The van der Waals surface area contributed by atoms with E-state index in [1.54, 1.807) is 24.3 Å². The highest BCUT2D eigenvalue weighted by atomic mass is 16.5. The van der Waals surface area contributed by atoms with Gasteiger partial charge >= 0.3 is 18.2 Å². The Bertz CT molecular complexity index is 562. The second kappa shape index (κ2) is 6.79. The Labute approximate surface area is 126 Å². The zero-order chi connectivity index (χ0) is 16.1. The maximum Gasteiger partial charge on any atom is 0.407 e. The van der Waals surface area contributed by atoms with Gasteiger partial charge in [0.05, 0.1) is 12.0 Å². The molecule has 22 heavy (non-hydrogen) atoms. The molecule has 2 unspecified atom stereocenters. The monoisotopic (exact) mass is 308 g/mol. The van der Waals surface area contributed by atoms with E-state index in [9.17, 15) is 14.4 Å². The Hall–Kier alpha value is -2.77. The molecule has 2 amide bonds. The third-order valence-electron chi connectivity index (χ3n) is 3.42. The molecule has 2 atom stereocenters. The lowest BCUT2D eigenvalue weighted by molar-refractivity contribution is -0.141. The number of benzene rings is 1. The fraction of sp³-hybridized carbons (Fsp3) is 0.357. The fourth-order valence-electron chi connectivity index (χ4n) is 2.27. The first-order valence-electron chi connectivity index (χ1n) is 6.65. The summed E-state index contributed by atoms with van der Waals surface area (Å²) < 4.78 is 5.00. The predicted octanol–water partition coefficient (Wildman–Crippen LogP) is 0.976. The van der Waals surface area contributed by atoms with Crippen LogP contribution >= 0.6 is 0 Å². The molecule has 1 heterocycles. The number of amides is 2. The van der Waals surface area contributed by atoms with Gasteiger partial charge in [-0.15, -0.1) is 0 Å². The molecule has 0 spiro atoms. The molecule has 1 aromatic carbocycles. The third-order valence-corrected chi connectivity index (χ3v) is 3.42. The minimum atomic E-state index is -1.21. The molecule has 1 aliphatic rings. The molecule has 118 valence electrons. The van der Waals surface area contributed by atoms with E-state index in [4.69, 9.17) is 14.9 Å². The standard InChI is InChI=1S/C14H16N2O6/c17-12(18)10-6-16(14(20)21)7-11(10)15-13(19)22-8-9-4-2-1-3-5-9/h1-5,10-11H,6-8H2,(H,15,19)(H,17,18)(H,20,21). The van der Waals surface area contributed by atoms with Crippen molar-refractivity contribution in [3.05, 3.63) is 35.9 Å². The number of hydrogen-bond acceptors (Lipinski definition) is 4. The lowest BCUT2D eigenvalue weighted by Crippen LogP contribution is -2.43. The number of likely N-dealkylation sites (tertiary alicyclic amines) is 1. The smallest absolute Gasteiger partial charge is 0.407 e. The van der Waals surface area contributed by atoms with E-state index >= 15 is 0 Å². The van der Waals surface area contributed by atoms with E-state index in [1.807, 2.05) is 6.07 Å². The minimum absolute atomic E-state index is 0.0553. The quantitative estimate of drug-likeness (QED) is 0.763. The molecule has 3 N–H and O–H groups in total. The van der Waals surface area contributed by atoms with Crippen LogP contribution in [0.1, 0.15) is 5.56 Å². The largest absolute Gasteiger partial charge is 0.481 e. The summed E-state index contributed by atoms with van der Waals surface area (Å²) in [5.74, 6) is -2.14. The molecule has 1 aromatic rings. The molecule has 0 aromatic heterocycles. The highest BCUT2D eigenvalue weighted by Gasteiger charge is 2.40. The molecular weight excluding hydrogens is 292 g/mol. The van der Waals surface area contributed by atoms with Crippen molar-refractivity contribution in [2.45, 2.75) is 12.6 Å². The molecule has 8 nitrogen and oxygen atoms in total. The van der Waals surface area contributed by atoms with Gasteiger partial charge in [-0.1, -0.05) is 30.3 Å². The van der Waals surface area contributed by atoms with Gasteiger partial charge in [0.2, 0.25) is 0 Å². The van der Waals surface area contributed by atoms with Crippen LogP contribution in [0, 0.1) is 5.92 Å². The number of rotatable bonds is 4. The Morgan fingerprint density at radius 2 is 1.86 bits per heavy atom. The molecule has 1 aliphatic heterocycles. The van der Waals surface area contributed by atoms with Gasteiger partial charge in [-0.05, 0) is 5.56 Å². The highest BCUT2D eigenvalue weighted by molar-refractivity contribution is 5.76. The molecule has 0 saturated carbocycles. The summed E-state index contributed by atoms with van der Waals surface area (Å²) in [6, 6.07) is 8.21. The summed E-state index contributed by atoms with van der Waals surface area (Å²) in [5.41, 5.74) is 0.797. The van der Waals surface area contributed by atoms with Gasteiger partial charge < -0.3 is 25.2 Å². The summed E-state index contributed by atoms with van der Waals surface area (Å²) in [4.78, 5) is 34.7. The van der Waals surface area contributed by atoms with Crippen LogP contribution in [0.3, 0.4) is 0 Å². The second-order valence-electron chi connectivity index (χ2n) is 4.94. The SMILES string of the molecule is O=C(NC1CN(C(=O)O)CC1C(=O)O)OCc1ccccc1. The number of alkyl carbamates (subject to hydrolysis) is 1. The summed E-state index contributed by atoms with van der Waals surface area (Å²) in [6.07, 6.45) is -1.99. The highest BCUT2D eigenvalue weighted by Crippen LogP contribution is 2.17. The molecule has 1 saturated heterocycles. The average molecular weight is 308 g/mol. The molecule has 8 heteroatoms. The van der Waals surface area contributed by atoms with Crippen molar-refractivity contribution in [2.24, 2.45) is 5.92 Å². The summed E-state index contributed by atoms with van der Waals surface area (Å²) in [5, 5.41) is 20.4. The summed E-state index contributed by atoms with van der Waals surface area (Å²) >= 11 is 0. The van der Waals surface area contributed by atoms with E-state index in [0.717, 1.165) is 10.5 Å². The van der Waals surface area contributed by atoms with Gasteiger partial charge in [0.15, 0.2) is 0 Å². The molecule has 0 aliphatic carbocycles. The number of nitrogens with one attached hydrogen (secondary N) is 1. The van der Waals surface area contributed by atoms with Crippen molar-refractivity contribution in [1.29, 1.82) is 0 Å². The van der Waals surface area contributed by atoms with Gasteiger partial charge in [0.1, 0.15) is 6.61 Å². The van der Waals surface area contributed by atoms with Crippen molar-refractivity contribution in [1.82, 2.24) is 10.2 Å². The zero-order valence-corrected chi connectivity index (χ0v) is 11.6. The lowest BCUT2D eigenvalue weighted by Gasteiger charge is -2.16. The van der Waals surface area contributed by atoms with Crippen molar-refractivity contribution >= 4 is 18.2 Å². The fourth-order valence-corrected chi connectivity index (χ4v) is 2.27. The lowest BCUT2D eigenvalue weighted by atomic mass is 10.0. The van der Waals surface area contributed by atoms with Crippen LogP contribution < -0.4 is 5.32 Å². The topological polar surface area (TPSA) is 116 Å². The zero-order valence-electron chi connectivity index (χ0n) is 11.6. The maximum atomic E-state index is 11.7. The van der Waals surface area contributed by atoms with E-state index in [2.05, 4.69) is 5.32 Å². The van der Waals surface area contributed by atoms with E-state index in [-0.39, 0.29) is 19.7 Å². The van der Waals surface area contributed by atoms with Crippen molar-refractivity contribution < 1.29 is 29.3 Å². The number of carboxylic acids is 1. The molecule has 0 bridgehead atoms. The van der Waals surface area contributed by atoms with Gasteiger partial charge in [-0.2, -0.15) is 0 Å². The van der Waals surface area contributed by atoms with Crippen molar-refractivity contribution in [3.63, 3.8) is 0 Å². The summed E-state index contributed by atoms with van der Waals surface area (Å²) in [7, 11) is 0. The molecule has 2 rings (SSSR count). The Morgan fingerprint density at radius 3 is 2.45 bits per heavy atom. The van der Waals surface area contributed by atoms with Crippen LogP contribution in [-0.4, -0.2) is 52.4 Å². The first-order chi connectivity index (χ1) is 10.5. The normalized spacial score (nSPS) is 20.5. The van der Waals surface area contributed by atoms with Crippen molar-refractivity contribution in [2.75, 3.05) is 13.1 Å². The Kier molecular flexibility index (Phi) is 4.82. The number of hydrogen-bond donors (Lipinski definition) is 3. The number of aliphatic carboxylic acids is 1. The Morgan fingerprint density at radius 1 is 1.18 bits per heavy atom. The number of carbonyl (C=O) groups is 3. The van der Waals surface area contributed by atoms with Crippen LogP contribution in [0.25, 0.3) is 0 Å². The third kappa shape index (κ3) is 3.87. The van der Waals surface area contributed by atoms with Crippen LogP contribution in [0.15, 0.2) is 30.3 Å². The summed E-state index contributed by atoms with van der Waals surface area (Å²) in [6.45, 7) is -0.180. The van der Waals surface area contributed by atoms with Crippen LogP contribution in [0.5, 0.6) is 0 Å². The number of nitrogens with zero attached hydrogens (tertiary/aromatic N) is 1. The average Bonchev–Trinajstić information content (AvgIpc) is 2.90. The van der Waals surface area contributed by atoms with E-state index < -0.39 is 30.1 Å². The van der Waals surface area contributed by atoms with Gasteiger partial charge in [0, 0.05) is 13.1 Å². The number of carboxylic acid groups (broad SMARTS) is 2. The maximum absolute atomic E-state index is 11.7. The molecular formula is C14H16N2O6. The first-order valence-corrected chi connectivity index (χ1v) is 6.65. The van der Waals surface area contributed by atoms with Crippen LogP contribution in [-0.2, 0) is 16.1 Å². The number of carbonyl (C=O) groups excluding carboxylic acids is 1. The van der Waals surface area contributed by atoms with Gasteiger partial charge in [-0.25, -0.2) is 9.59 Å². The molecule has 0 radical (unpaired) electrons. The van der Waals surface area contributed by atoms with Crippen LogP contribution in [0.4, 0.5) is 9.59 Å². The number of ether oxygens (including phenoxy) is 1. The van der Waals surface area contributed by atoms with Gasteiger partial charge in [0.25, 0.3) is 0 Å².